The van der Waals surface area contributed by atoms with Gasteiger partial charge >= 0.3 is 13.6 Å². The van der Waals surface area contributed by atoms with E-state index in [4.69, 9.17) is 13.8 Å². The van der Waals surface area contributed by atoms with Crippen LogP contribution in [0, 0.1) is 5.92 Å². The fraction of sp³-hybridized carbons (Fsp3) is 0.933. The molecule has 0 amide bonds. The predicted octanol–water partition coefficient (Wildman–Crippen LogP) is 4.15. The van der Waals surface area contributed by atoms with Crippen molar-refractivity contribution >= 4 is 13.6 Å². The van der Waals surface area contributed by atoms with E-state index in [2.05, 4.69) is 0 Å². The molecule has 0 aliphatic heterocycles. The maximum Gasteiger partial charge on any atom is 0.331 e. The molecule has 21 heavy (non-hydrogen) atoms. The molecule has 0 spiro atoms. The third-order valence-electron chi connectivity index (χ3n) is 3.36. The largest absolute Gasteiger partial charge is 0.462 e. The Morgan fingerprint density at radius 2 is 1.62 bits per heavy atom. The summed E-state index contributed by atoms with van der Waals surface area (Å²) in [5.41, 5.74) is 0. The first kappa shape index (κ1) is 18.7. The highest BCUT2D eigenvalue weighted by molar-refractivity contribution is 7.53. The van der Waals surface area contributed by atoms with E-state index in [9.17, 15) is 9.36 Å². The van der Waals surface area contributed by atoms with E-state index < -0.39 is 7.60 Å². The normalized spacial score (nSPS) is 23.6. The number of esters is 1. The SMILES string of the molecule is CC(=O)O[C@@H]1CCCC[C@H]1CP(=O)(OC(C)C)OC(C)C. The molecule has 2 atom stereocenters. The molecule has 6 heteroatoms. The molecule has 1 saturated carbocycles. The summed E-state index contributed by atoms with van der Waals surface area (Å²) in [6.45, 7) is 8.81. The predicted molar refractivity (Wildman–Crippen MR) is 82.4 cm³/mol. The minimum Gasteiger partial charge on any atom is -0.462 e. The molecule has 1 aliphatic carbocycles. The fourth-order valence-corrected chi connectivity index (χ4v) is 5.29. The number of hydrogen-bond donors (Lipinski definition) is 0. The van der Waals surface area contributed by atoms with E-state index in [0.29, 0.717) is 6.16 Å². The zero-order valence-corrected chi connectivity index (χ0v) is 14.7. The van der Waals surface area contributed by atoms with Gasteiger partial charge in [-0.05, 0) is 47.0 Å². The lowest BCUT2D eigenvalue weighted by Crippen LogP contribution is -2.32. The second-order valence-corrected chi connectivity index (χ2v) is 8.30. The van der Waals surface area contributed by atoms with Crippen molar-refractivity contribution in [2.45, 2.75) is 78.6 Å². The smallest absolute Gasteiger partial charge is 0.331 e. The van der Waals surface area contributed by atoms with Gasteiger partial charge in [0.05, 0.1) is 18.4 Å². The number of carbonyl (C=O) groups excluding carboxylic acids is 1. The third-order valence-corrected chi connectivity index (χ3v) is 5.76. The monoisotopic (exact) mass is 320 g/mol. The number of ether oxygens (including phenoxy) is 1. The van der Waals surface area contributed by atoms with Crippen LogP contribution in [-0.2, 0) is 23.1 Å². The fourth-order valence-electron chi connectivity index (χ4n) is 2.79. The van der Waals surface area contributed by atoms with Crippen LogP contribution in [0.2, 0.25) is 0 Å². The molecule has 0 radical (unpaired) electrons. The lowest BCUT2D eigenvalue weighted by Gasteiger charge is -2.33. The molecule has 1 fully saturated rings. The van der Waals surface area contributed by atoms with Crippen LogP contribution in [0.3, 0.4) is 0 Å². The van der Waals surface area contributed by atoms with Gasteiger partial charge in [-0.25, -0.2) is 0 Å². The molecule has 1 aliphatic rings. The highest BCUT2D eigenvalue weighted by Gasteiger charge is 2.37. The zero-order valence-electron chi connectivity index (χ0n) is 13.8. The molecular formula is C15H29O5P. The van der Waals surface area contributed by atoms with E-state index in [1.54, 1.807) is 0 Å². The van der Waals surface area contributed by atoms with Crippen LogP contribution in [0.5, 0.6) is 0 Å². The van der Waals surface area contributed by atoms with Crippen LogP contribution < -0.4 is 0 Å². The Bertz CT molecular complexity index is 366. The summed E-state index contributed by atoms with van der Waals surface area (Å²) in [6, 6.07) is 0. The van der Waals surface area contributed by atoms with Crippen LogP contribution in [0.1, 0.15) is 60.3 Å². The molecule has 1 rings (SSSR count). The average Bonchev–Trinajstić information content (AvgIpc) is 2.28. The van der Waals surface area contributed by atoms with Gasteiger partial charge in [-0.1, -0.05) is 6.42 Å². The molecule has 0 heterocycles. The maximum atomic E-state index is 12.9. The van der Waals surface area contributed by atoms with E-state index >= 15 is 0 Å². The van der Waals surface area contributed by atoms with E-state index in [-0.39, 0.29) is 30.2 Å². The van der Waals surface area contributed by atoms with Crippen molar-refractivity contribution in [3.05, 3.63) is 0 Å². The van der Waals surface area contributed by atoms with Gasteiger partial charge in [-0.3, -0.25) is 9.36 Å². The molecule has 0 bridgehead atoms. The van der Waals surface area contributed by atoms with Crippen molar-refractivity contribution < 1.29 is 23.1 Å². The Balaban J connectivity index is 2.78. The van der Waals surface area contributed by atoms with Gasteiger partial charge in [0.2, 0.25) is 0 Å². The summed E-state index contributed by atoms with van der Waals surface area (Å²) in [5.74, 6) is -0.234. The van der Waals surface area contributed by atoms with Crippen molar-refractivity contribution in [2.75, 3.05) is 6.16 Å². The quantitative estimate of drug-likeness (QED) is 0.521. The van der Waals surface area contributed by atoms with Crippen molar-refractivity contribution in [1.82, 2.24) is 0 Å². The van der Waals surface area contributed by atoms with Gasteiger partial charge in [0.25, 0.3) is 0 Å². The molecule has 0 aromatic rings. The minimum absolute atomic E-state index is 0.0472. The summed E-state index contributed by atoms with van der Waals surface area (Å²) in [4.78, 5) is 11.2. The lowest BCUT2D eigenvalue weighted by molar-refractivity contribution is -0.150. The first-order valence-electron chi connectivity index (χ1n) is 7.85. The molecule has 5 nitrogen and oxygen atoms in total. The van der Waals surface area contributed by atoms with Gasteiger partial charge in [-0.15, -0.1) is 0 Å². The molecular weight excluding hydrogens is 291 g/mol. The molecule has 0 unspecified atom stereocenters. The number of carbonyl (C=O) groups is 1. The molecule has 0 aromatic carbocycles. The Labute approximate surface area is 128 Å². The Morgan fingerprint density at radius 3 is 2.10 bits per heavy atom. The first-order chi connectivity index (χ1) is 9.72. The van der Waals surface area contributed by atoms with Gasteiger partial charge in [0.15, 0.2) is 0 Å². The topological polar surface area (TPSA) is 61.8 Å². The summed E-state index contributed by atoms with van der Waals surface area (Å²) < 4.78 is 29.5. The average molecular weight is 320 g/mol. The summed E-state index contributed by atoms with van der Waals surface area (Å²) in [7, 11) is -3.17. The number of hydrogen-bond acceptors (Lipinski definition) is 5. The van der Waals surface area contributed by atoms with Crippen molar-refractivity contribution in [2.24, 2.45) is 5.92 Å². The van der Waals surface area contributed by atoms with Crippen LogP contribution in [0.4, 0.5) is 0 Å². The Morgan fingerprint density at radius 1 is 1.10 bits per heavy atom. The van der Waals surface area contributed by atoms with E-state index in [1.165, 1.54) is 6.92 Å². The molecule has 124 valence electrons. The third kappa shape index (κ3) is 6.94. The van der Waals surface area contributed by atoms with Crippen LogP contribution in [0.25, 0.3) is 0 Å². The summed E-state index contributed by atoms with van der Waals surface area (Å²) in [6.07, 6.45) is 3.65. The standard InChI is InChI=1S/C15H29O5P/c1-11(2)19-21(17,20-12(3)4)10-14-8-6-7-9-15(14)18-13(5)16/h11-12,14-15H,6-10H2,1-5H3/t14-,15+/m0/s1. The summed E-state index contributed by atoms with van der Waals surface area (Å²) in [5, 5.41) is 0. The van der Waals surface area contributed by atoms with Crippen LogP contribution in [0.15, 0.2) is 0 Å². The van der Waals surface area contributed by atoms with Crippen LogP contribution >= 0.6 is 7.60 Å². The molecule has 0 saturated heterocycles. The zero-order chi connectivity index (χ0) is 16.0. The maximum absolute atomic E-state index is 12.9. The van der Waals surface area contributed by atoms with E-state index in [1.807, 2.05) is 27.7 Å². The summed E-state index contributed by atoms with van der Waals surface area (Å²) >= 11 is 0. The van der Waals surface area contributed by atoms with E-state index in [0.717, 1.165) is 25.7 Å². The second-order valence-electron chi connectivity index (χ2n) is 6.29. The first-order valence-corrected chi connectivity index (χ1v) is 9.57. The highest BCUT2D eigenvalue weighted by Crippen LogP contribution is 2.53. The van der Waals surface area contributed by atoms with Crippen molar-refractivity contribution in [3.63, 3.8) is 0 Å². The lowest BCUT2D eigenvalue weighted by atomic mass is 9.88. The minimum atomic E-state index is -3.17. The highest BCUT2D eigenvalue weighted by atomic mass is 31.2. The van der Waals surface area contributed by atoms with Crippen molar-refractivity contribution in [1.29, 1.82) is 0 Å². The Kier molecular flexibility index (Phi) is 7.38. The second kappa shape index (κ2) is 8.30. The van der Waals surface area contributed by atoms with Crippen LogP contribution in [-0.4, -0.2) is 30.4 Å². The van der Waals surface area contributed by atoms with Crippen molar-refractivity contribution in [3.8, 4) is 0 Å². The number of rotatable bonds is 7. The van der Waals surface area contributed by atoms with Gasteiger partial charge in [-0.2, -0.15) is 0 Å². The molecule has 0 N–H and O–H groups in total. The van der Waals surface area contributed by atoms with Gasteiger partial charge in [0, 0.05) is 12.8 Å². The molecule has 0 aromatic heterocycles. The Hall–Kier alpha value is -0.380. The van der Waals surface area contributed by atoms with Gasteiger partial charge in [0.1, 0.15) is 6.10 Å². The van der Waals surface area contributed by atoms with Gasteiger partial charge < -0.3 is 13.8 Å².